The van der Waals surface area contributed by atoms with Crippen molar-refractivity contribution in [1.82, 2.24) is 14.5 Å². The Morgan fingerprint density at radius 2 is 2.22 bits per heavy atom. The van der Waals surface area contributed by atoms with E-state index in [1.807, 2.05) is 31.2 Å². The number of carbonyl (C=O) groups excluding carboxylic acids is 1. The minimum Gasteiger partial charge on any atom is -0.448 e. The van der Waals surface area contributed by atoms with Crippen molar-refractivity contribution in [1.29, 1.82) is 0 Å². The second-order valence-corrected chi connectivity index (χ2v) is 7.64. The minimum absolute atomic E-state index is 0.136. The summed E-state index contributed by atoms with van der Waals surface area (Å²) in [6.45, 7) is 2.49. The molecule has 1 aromatic carbocycles. The Kier molecular flexibility index (Phi) is 4.95. The molecule has 138 valence electrons. The van der Waals surface area contributed by atoms with Crippen LogP contribution in [0.1, 0.15) is 13.3 Å². The Bertz CT molecular complexity index is 1160. The van der Waals surface area contributed by atoms with Crippen LogP contribution in [0.5, 0.6) is 0 Å². The van der Waals surface area contributed by atoms with Crippen LogP contribution in [-0.4, -0.2) is 26.2 Å². The van der Waals surface area contributed by atoms with Crippen molar-refractivity contribution in [3.05, 3.63) is 46.2 Å². The van der Waals surface area contributed by atoms with Crippen LogP contribution in [0.4, 0.5) is 5.13 Å². The summed E-state index contributed by atoms with van der Waals surface area (Å²) in [7, 11) is 0. The van der Waals surface area contributed by atoms with E-state index in [1.54, 1.807) is 16.1 Å². The molecule has 0 aliphatic rings. The third-order valence-corrected chi connectivity index (χ3v) is 5.57. The molecule has 0 saturated heterocycles. The monoisotopic (exact) mass is 400 g/mol. The number of fused-ring (bicyclic) bond motifs is 3. The smallest absolute Gasteiger partial charge is 0.297 e. The zero-order valence-electron chi connectivity index (χ0n) is 14.5. The maximum Gasteiger partial charge on any atom is 0.297 e. The summed E-state index contributed by atoms with van der Waals surface area (Å²) in [6.07, 6.45) is 2.40. The molecule has 3 heterocycles. The van der Waals surface area contributed by atoms with Crippen molar-refractivity contribution >= 4 is 56.2 Å². The minimum atomic E-state index is -0.221. The predicted molar refractivity (Wildman–Crippen MR) is 108 cm³/mol. The molecule has 0 radical (unpaired) electrons. The van der Waals surface area contributed by atoms with E-state index >= 15 is 0 Å². The summed E-state index contributed by atoms with van der Waals surface area (Å²) >= 11 is 2.59. The summed E-state index contributed by atoms with van der Waals surface area (Å²) in [5, 5.41) is 6.38. The summed E-state index contributed by atoms with van der Waals surface area (Å²) < 4.78 is 7.31. The fraction of sp³-hybridized carbons (Fsp3) is 0.222. The van der Waals surface area contributed by atoms with E-state index in [-0.39, 0.29) is 22.8 Å². The normalized spacial score (nSPS) is 11.3. The molecule has 4 aromatic rings. The van der Waals surface area contributed by atoms with Crippen LogP contribution in [0.15, 0.2) is 50.2 Å². The van der Waals surface area contributed by atoms with Gasteiger partial charge in [0.1, 0.15) is 11.1 Å². The molecule has 0 bridgehead atoms. The molecule has 7 nitrogen and oxygen atoms in total. The number of hydrogen-bond donors (Lipinski definition) is 1. The first-order valence-electron chi connectivity index (χ1n) is 8.41. The number of thioether (sulfide) groups is 1. The van der Waals surface area contributed by atoms with E-state index in [4.69, 9.17) is 4.42 Å². The Hall–Kier alpha value is -2.65. The fourth-order valence-electron chi connectivity index (χ4n) is 2.75. The number of hydrogen-bond acceptors (Lipinski definition) is 7. The van der Waals surface area contributed by atoms with Crippen molar-refractivity contribution in [3.63, 3.8) is 0 Å². The molecule has 0 fully saturated rings. The summed E-state index contributed by atoms with van der Waals surface area (Å²) in [5.41, 5.74) is 1.19. The highest BCUT2D eigenvalue weighted by Crippen LogP contribution is 2.27. The first-order valence-corrected chi connectivity index (χ1v) is 10.3. The number of benzene rings is 1. The summed E-state index contributed by atoms with van der Waals surface area (Å²) in [4.78, 5) is 33.8. The van der Waals surface area contributed by atoms with Crippen LogP contribution >= 0.6 is 23.1 Å². The van der Waals surface area contributed by atoms with E-state index in [2.05, 4.69) is 15.3 Å². The highest BCUT2D eigenvalue weighted by molar-refractivity contribution is 7.99. The third-order valence-electron chi connectivity index (χ3n) is 3.91. The SMILES string of the molecule is CCCn1c(SCC(=O)Nc2nccs2)nc2c(oc3ccccc32)c1=O. The van der Waals surface area contributed by atoms with Gasteiger partial charge in [-0.15, -0.1) is 11.3 Å². The lowest BCUT2D eigenvalue weighted by molar-refractivity contribution is -0.113. The maximum absolute atomic E-state index is 12.9. The van der Waals surface area contributed by atoms with Crippen LogP contribution in [0, 0.1) is 0 Å². The van der Waals surface area contributed by atoms with Crippen molar-refractivity contribution in [2.75, 3.05) is 11.1 Å². The average molecular weight is 400 g/mol. The van der Waals surface area contributed by atoms with Crippen molar-refractivity contribution < 1.29 is 9.21 Å². The molecule has 27 heavy (non-hydrogen) atoms. The molecule has 0 aliphatic heterocycles. The van der Waals surface area contributed by atoms with Gasteiger partial charge in [-0.05, 0) is 18.6 Å². The summed E-state index contributed by atoms with van der Waals surface area (Å²) in [6, 6.07) is 7.43. The number of para-hydroxylation sites is 1. The number of nitrogens with one attached hydrogen (secondary N) is 1. The maximum atomic E-state index is 12.9. The van der Waals surface area contributed by atoms with Crippen molar-refractivity contribution in [3.8, 4) is 0 Å². The molecule has 9 heteroatoms. The third kappa shape index (κ3) is 3.47. The highest BCUT2D eigenvalue weighted by Gasteiger charge is 2.18. The lowest BCUT2D eigenvalue weighted by Gasteiger charge is -2.10. The molecule has 3 aromatic heterocycles. The van der Waals surface area contributed by atoms with E-state index in [9.17, 15) is 9.59 Å². The quantitative estimate of drug-likeness (QED) is 0.392. The van der Waals surface area contributed by atoms with Gasteiger partial charge in [0.2, 0.25) is 11.5 Å². The van der Waals surface area contributed by atoms with E-state index in [1.165, 1.54) is 23.1 Å². The fourth-order valence-corrected chi connectivity index (χ4v) is 4.12. The Morgan fingerprint density at radius 1 is 1.37 bits per heavy atom. The Balaban J connectivity index is 1.69. The first-order chi connectivity index (χ1) is 13.2. The van der Waals surface area contributed by atoms with E-state index < -0.39 is 0 Å². The largest absolute Gasteiger partial charge is 0.448 e. The van der Waals surface area contributed by atoms with Crippen LogP contribution in [0.25, 0.3) is 22.1 Å². The molecular weight excluding hydrogens is 384 g/mol. The molecule has 1 N–H and O–H groups in total. The Labute approximate surface area is 162 Å². The first kappa shape index (κ1) is 17.7. The lowest BCUT2D eigenvalue weighted by atomic mass is 10.2. The number of rotatable bonds is 6. The molecule has 0 atom stereocenters. The number of thiazole rings is 1. The number of furan rings is 1. The van der Waals surface area contributed by atoms with Crippen LogP contribution in [0.2, 0.25) is 0 Å². The molecule has 0 spiro atoms. The number of carbonyl (C=O) groups is 1. The molecule has 0 aliphatic carbocycles. The van der Waals surface area contributed by atoms with Gasteiger partial charge in [-0.2, -0.15) is 0 Å². The molecule has 0 unspecified atom stereocenters. The molecule has 0 saturated carbocycles. The van der Waals surface area contributed by atoms with Gasteiger partial charge in [-0.25, -0.2) is 9.97 Å². The number of anilines is 1. The van der Waals surface area contributed by atoms with E-state index in [0.717, 1.165) is 11.8 Å². The standard InChI is InChI=1S/C18H16N4O3S2/c1-2-8-22-16(24)15-14(11-5-3-4-6-12(11)25-15)21-18(22)27-10-13(23)20-17-19-7-9-26-17/h3-7,9H,2,8,10H2,1H3,(H,19,20,23). The molecular formula is C18H16N4O3S2. The lowest BCUT2D eigenvalue weighted by Crippen LogP contribution is -2.23. The number of aromatic nitrogens is 3. The highest BCUT2D eigenvalue weighted by atomic mass is 32.2. The van der Waals surface area contributed by atoms with Gasteiger partial charge in [0.05, 0.1) is 5.75 Å². The van der Waals surface area contributed by atoms with Gasteiger partial charge in [-0.1, -0.05) is 30.8 Å². The Morgan fingerprint density at radius 3 is 3.00 bits per heavy atom. The number of amides is 1. The topological polar surface area (TPSA) is 90.0 Å². The number of nitrogens with zero attached hydrogens (tertiary/aromatic N) is 3. The zero-order valence-corrected chi connectivity index (χ0v) is 16.1. The van der Waals surface area contributed by atoms with Gasteiger partial charge in [0.25, 0.3) is 5.56 Å². The second kappa shape index (κ2) is 7.53. The van der Waals surface area contributed by atoms with Gasteiger partial charge in [0, 0.05) is 23.5 Å². The van der Waals surface area contributed by atoms with Crippen LogP contribution in [-0.2, 0) is 11.3 Å². The van der Waals surface area contributed by atoms with Crippen LogP contribution in [0.3, 0.4) is 0 Å². The summed E-state index contributed by atoms with van der Waals surface area (Å²) in [5.74, 6) is -0.0544. The second-order valence-electron chi connectivity index (χ2n) is 5.80. The van der Waals surface area contributed by atoms with Gasteiger partial charge < -0.3 is 9.73 Å². The average Bonchev–Trinajstić information content (AvgIpc) is 3.30. The van der Waals surface area contributed by atoms with Crippen molar-refractivity contribution in [2.45, 2.75) is 25.0 Å². The predicted octanol–water partition coefficient (Wildman–Crippen LogP) is 3.74. The zero-order chi connectivity index (χ0) is 18.8. The van der Waals surface area contributed by atoms with E-state index in [0.29, 0.717) is 27.9 Å². The molecule has 4 rings (SSSR count). The van der Waals surface area contributed by atoms with Gasteiger partial charge in [0.15, 0.2) is 10.3 Å². The van der Waals surface area contributed by atoms with Crippen molar-refractivity contribution in [2.24, 2.45) is 0 Å². The van der Waals surface area contributed by atoms with Crippen LogP contribution < -0.4 is 10.9 Å². The molecule has 1 amide bonds. The van der Waals surface area contributed by atoms with Gasteiger partial charge >= 0.3 is 0 Å². The van der Waals surface area contributed by atoms with Gasteiger partial charge in [-0.3, -0.25) is 14.2 Å².